The van der Waals surface area contributed by atoms with Gasteiger partial charge in [-0.05, 0) is 31.5 Å². The van der Waals surface area contributed by atoms with Crippen molar-refractivity contribution in [3.63, 3.8) is 0 Å². The molecule has 0 aromatic carbocycles. The van der Waals surface area contributed by atoms with E-state index in [1.54, 1.807) is 12.4 Å². The third kappa shape index (κ3) is 3.32. The molecule has 0 aliphatic rings. The zero-order chi connectivity index (χ0) is 12.2. The number of hydrogen-bond acceptors (Lipinski definition) is 3. The summed E-state index contributed by atoms with van der Waals surface area (Å²) in [4.78, 5) is 4.01. The molecule has 0 saturated heterocycles. The zero-order valence-corrected chi connectivity index (χ0v) is 10.4. The van der Waals surface area contributed by atoms with Crippen LogP contribution in [0.25, 0.3) is 0 Å². The molecule has 3 nitrogen and oxygen atoms in total. The van der Waals surface area contributed by atoms with Crippen LogP contribution in [0.3, 0.4) is 0 Å². The summed E-state index contributed by atoms with van der Waals surface area (Å²) >= 11 is 0. The zero-order valence-electron chi connectivity index (χ0n) is 10.4. The molecular formula is C13H19N3. The third-order valence-electron chi connectivity index (χ3n) is 2.71. The van der Waals surface area contributed by atoms with Crippen molar-refractivity contribution < 1.29 is 0 Å². The highest BCUT2D eigenvalue weighted by Crippen LogP contribution is 2.22. The van der Waals surface area contributed by atoms with Crippen LogP contribution < -0.4 is 5.32 Å². The molecule has 0 aliphatic heterocycles. The standard InChI is InChI=1S/C13H19N3/c1-12(2,10-16-13(3,4)9-14)11-5-7-15-8-6-11/h5-8,16H,10H2,1-4H3. The van der Waals surface area contributed by atoms with E-state index in [1.807, 2.05) is 26.0 Å². The van der Waals surface area contributed by atoms with E-state index in [-0.39, 0.29) is 5.41 Å². The first-order chi connectivity index (χ1) is 7.37. The molecule has 0 fully saturated rings. The van der Waals surface area contributed by atoms with Crippen LogP contribution in [0.15, 0.2) is 24.5 Å². The van der Waals surface area contributed by atoms with Crippen LogP contribution in [0.1, 0.15) is 33.3 Å². The lowest BCUT2D eigenvalue weighted by Crippen LogP contribution is -2.44. The van der Waals surface area contributed by atoms with Crippen LogP contribution in [0.4, 0.5) is 0 Å². The average molecular weight is 217 g/mol. The van der Waals surface area contributed by atoms with Crippen LogP contribution >= 0.6 is 0 Å². The molecule has 0 saturated carbocycles. The van der Waals surface area contributed by atoms with Crippen molar-refractivity contribution in [1.29, 1.82) is 5.26 Å². The number of rotatable bonds is 4. The molecule has 0 bridgehead atoms. The fourth-order valence-electron chi connectivity index (χ4n) is 1.39. The van der Waals surface area contributed by atoms with Crippen LogP contribution in [-0.2, 0) is 5.41 Å². The molecule has 0 spiro atoms. The number of nitrogens with one attached hydrogen (secondary N) is 1. The van der Waals surface area contributed by atoms with Crippen molar-refractivity contribution in [2.24, 2.45) is 0 Å². The normalized spacial score (nSPS) is 12.2. The quantitative estimate of drug-likeness (QED) is 0.841. The van der Waals surface area contributed by atoms with Gasteiger partial charge in [-0.1, -0.05) is 13.8 Å². The third-order valence-corrected chi connectivity index (χ3v) is 2.71. The first-order valence-electron chi connectivity index (χ1n) is 5.44. The van der Waals surface area contributed by atoms with Crippen LogP contribution in [-0.4, -0.2) is 17.1 Å². The highest BCUT2D eigenvalue weighted by atomic mass is 15.0. The van der Waals surface area contributed by atoms with Gasteiger partial charge in [-0.3, -0.25) is 10.3 Å². The molecule has 0 aliphatic carbocycles. The molecule has 86 valence electrons. The smallest absolute Gasteiger partial charge is 0.101 e. The summed E-state index contributed by atoms with van der Waals surface area (Å²) in [6.07, 6.45) is 3.60. The van der Waals surface area contributed by atoms with Gasteiger partial charge in [0.1, 0.15) is 5.54 Å². The van der Waals surface area contributed by atoms with Crippen molar-refractivity contribution in [3.05, 3.63) is 30.1 Å². The van der Waals surface area contributed by atoms with Crippen LogP contribution in [0.2, 0.25) is 0 Å². The first kappa shape index (κ1) is 12.7. The molecule has 16 heavy (non-hydrogen) atoms. The Morgan fingerprint density at radius 2 is 1.81 bits per heavy atom. The number of hydrogen-bond donors (Lipinski definition) is 1. The van der Waals surface area contributed by atoms with E-state index >= 15 is 0 Å². The second-order valence-electron chi connectivity index (χ2n) is 5.21. The maximum Gasteiger partial charge on any atom is 0.101 e. The summed E-state index contributed by atoms with van der Waals surface area (Å²) in [5.41, 5.74) is 0.741. The van der Waals surface area contributed by atoms with Crippen LogP contribution in [0, 0.1) is 11.3 Å². The fourth-order valence-corrected chi connectivity index (χ4v) is 1.39. The SMILES string of the molecule is CC(C)(C#N)NCC(C)(C)c1ccncc1. The number of pyridine rings is 1. The summed E-state index contributed by atoms with van der Waals surface area (Å²) in [6.45, 7) is 8.84. The van der Waals surface area contributed by atoms with E-state index in [2.05, 4.69) is 30.2 Å². The lowest BCUT2D eigenvalue weighted by atomic mass is 9.84. The van der Waals surface area contributed by atoms with Crippen molar-refractivity contribution >= 4 is 0 Å². The summed E-state index contributed by atoms with van der Waals surface area (Å²) in [5.74, 6) is 0. The molecule has 1 rings (SSSR count). The largest absolute Gasteiger partial charge is 0.299 e. The second-order valence-corrected chi connectivity index (χ2v) is 5.21. The van der Waals surface area contributed by atoms with Crippen LogP contribution in [0.5, 0.6) is 0 Å². The Bertz CT molecular complexity index is 374. The number of nitrogens with zero attached hydrogens (tertiary/aromatic N) is 2. The minimum absolute atomic E-state index is 0.00292. The minimum Gasteiger partial charge on any atom is -0.299 e. The second kappa shape index (κ2) is 4.63. The first-order valence-corrected chi connectivity index (χ1v) is 5.44. The molecule has 1 aromatic rings. The Morgan fingerprint density at radius 3 is 2.31 bits per heavy atom. The molecule has 0 radical (unpaired) electrons. The summed E-state index contributed by atoms with van der Waals surface area (Å²) in [7, 11) is 0. The maximum absolute atomic E-state index is 8.94. The van der Waals surface area contributed by atoms with E-state index in [4.69, 9.17) is 5.26 Å². The average Bonchev–Trinajstić information content (AvgIpc) is 2.28. The monoisotopic (exact) mass is 217 g/mol. The van der Waals surface area contributed by atoms with E-state index in [0.717, 1.165) is 6.54 Å². The highest BCUT2D eigenvalue weighted by molar-refractivity contribution is 5.21. The van der Waals surface area contributed by atoms with Gasteiger partial charge in [-0.25, -0.2) is 0 Å². The van der Waals surface area contributed by atoms with Gasteiger partial charge < -0.3 is 0 Å². The van der Waals surface area contributed by atoms with Gasteiger partial charge in [-0.2, -0.15) is 5.26 Å². The van der Waals surface area contributed by atoms with E-state index in [0.29, 0.717) is 0 Å². The maximum atomic E-state index is 8.94. The van der Waals surface area contributed by atoms with Gasteiger partial charge in [0.2, 0.25) is 0 Å². The number of nitriles is 1. The minimum atomic E-state index is -0.482. The lowest BCUT2D eigenvalue weighted by molar-refractivity contribution is 0.397. The molecule has 1 N–H and O–H groups in total. The summed E-state index contributed by atoms with van der Waals surface area (Å²) in [5, 5.41) is 12.2. The van der Waals surface area contributed by atoms with Crippen molar-refractivity contribution in [3.8, 4) is 6.07 Å². The van der Waals surface area contributed by atoms with E-state index < -0.39 is 5.54 Å². The number of aromatic nitrogens is 1. The summed E-state index contributed by atoms with van der Waals surface area (Å²) in [6, 6.07) is 6.27. The van der Waals surface area contributed by atoms with Crippen molar-refractivity contribution in [2.75, 3.05) is 6.54 Å². The van der Waals surface area contributed by atoms with Gasteiger partial charge in [0.15, 0.2) is 0 Å². The highest BCUT2D eigenvalue weighted by Gasteiger charge is 2.24. The molecule has 0 atom stereocenters. The molecule has 1 heterocycles. The molecule has 0 amide bonds. The topological polar surface area (TPSA) is 48.7 Å². The Labute approximate surface area is 97.5 Å². The Hall–Kier alpha value is -1.40. The predicted molar refractivity (Wildman–Crippen MR) is 65.0 cm³/mol. The lowest BCUT2D eigenvalue weighted by Gasteiger charge is -2.29. The molecule has 3 heteroatoms. The van der Waals surface area contributed by atoms with E-state index in [9.17, 15) is 0 Å². The van der Waals surface area contributed by atoms with Gasteiger partial charge in [0.25, 0.3) is 0 Å². The van der Waals surface area contributed by atoms with Gasteiger partial charge in [-0.15, -0.1) is 0 Å². The van der Waals surface area contributed by atoms with Gasteiger partial charge >= 0.3 is 0 Å². The fraction of sp³-hybridized carbons (Fsp3) is 0.538. The molecule has 1 aromatic heterocycles. The van der Waals surface area contributed by atoms with Crippen molar-refractivity contribution in [1.82, 2.24) is 10.3 Å². The summed E-state index contributed by atoms with van der Waals surface area (Å²) < 4.78 is 0. The Kier molecular flexibility index (Phi) is 3.66. The Balaban J connectivity index is 2.71. The van der Waals surface area contributed by atoms with E-state index in [1.165, 1.54) is 5.56 Å². The van der Waals surface area contributed by atoms with Gasteiger partial charge in [0, 0.05) is 24.4 Å². The van der Waals surface area contributed by atoms with Gasteiger partial charge in [0.05, 0.1) is 6.07 Å². The Morgan fingerprint density at radius 1 is 1.25 bits per heavy atom. The molecule has 0 unspecified atom stereocenters. The predicted octanol–water partition coefficient (Wildman–Crippen LogP) is 2.25. The van der Waals surface area contributed by atoms with Crippen molar-refractivity contribution in [2.45, 2.75) is 38.6 Å². The molecular weight excluding hydrogens is 198 g/mol.